The molecule has 0 heterocycles. The number of hydrogen-bond acceptors (Lipinski definition) is 4. The Hall–Kier alpha value is -1.59. The van der Waals surface area contributed by atoms with E-state index in [1.54, 1.807) is 0 Å². The Morgan fingerprint density at radius 1 is 1.47 bits per heavy atom. The molecule has 0 fully saturated rings. The van der Waals surface area contributed by atoms with E-state index < -0.39 is 0 Å². The van der Waals surface area contributed by atoms with Crippen molar-refractivity contribution in [3.8, 4) is 0 Å². The second kappa shape index (κ2) is 5.33. The van der Waals surface area contributed by atoms with Gasteiger partial charge in [0.25, 0.3) is 0 Å². The van der Waals surface area contributed by atoms with E-state index in [4.69, 9.17) is 10.9 Å². The second-order valence-electron chi connectivity index (χ2n) is 3.37. The first-order valence-corrected chi connectivity index (χ1v) is 4.61. The predicted molar refractivity (Wildman–Crippen MR) is 59.5 cm³/mol. The maximum Gasteiger partial charge on any atom is 0.170 e. The summed E-state index contributed by atoms with van der Waals surface area (Å²) in [4.78, 5) is 0. The van der Waals surface area contributed by atoms with E-state index in [0.29, 0.717) is 6.54 Å². The van der Waals surface area contributed by atoms with E-state index in [1.807, 2.05) is 43.4 Å². The van der Waals surface area contributed by atoms with Gasteiger partial charge in [-0.25, -0.2) is 0 Å². The Bertz CT molecular complexity index is 349. The normalized spacial score (nSPS) is 12.1. The predicted octanol–water partition coefficient (Wildman–Crippen LogP) is 0.347. The van der Waals surface area contributed by atoms with E-state index in [2.05, 4.69) is 10.6 Å². The lowest BCUT2D eigenvalue weighted by molar-refractivity contribution is 0.286. The van der Waals surface area contributed by atoms with E-state index in [1.165, 1.54) is 0 Å². The van der Waals surface area contributed by atoms with Crippen LogP contribution in [-0.4, -0.2) is 30.1 Å². The minimum Gasteiger partial charge on any atom is -0.409 e. The van der Waals surface area contributed by atoms with Crippen molar-refractivity contribution in [2.45, 2.75) is 6.54 Å². The summed E-state index contributed by atoms with van der Waals surface area (Å²) in [6.45, 7) is 0.638. The maximum absolute atomic E-state index is 8.62. The highest BCUT2D eigenvalue weighted by molar-refractivity contribution is 5.98. The standard InChI is InChI=1S/C10H16N4O/c1-14(2)12-7-8-5-3-4-6-9(8)10(11)13-15/h3-6,12,15H,7H2,1-2H3,(H2,11,13). The largest absolute Gasteiger partial charge is 0.409 e. The van der Waals surface area contributed by atoms with Crippen molar-refractivity contribution in [3.63, 3.8) is 0 Å². The summed E-state index contributed by atoms with van der Waals surface area (Å²) in [7, 11) is 3.82. The molecule has 0 aliphatic heterocycles. The molecule has 0 aliphatic rings. The van der Waals surface area contributed by atoms with Crippen LogP contribution in [0.15, 0.2) is 29.4 Å². The van der Waals surface area contributed by atoms with Crippen LogP contribution in [0.4, 0.5) is 0 Å². The topological polar surface area (TPSA) is 73.9 Å². The average molecular weight is 208 g/mol. The van der Waals surface area contributed by atoms with Crippen LogP contribution in [0, 0.1) is 0 Å². The molecule has 0 saturated heterocycles. The number of hydrazine groups is 1. The molecule has 1 aromatic rings. The molecular weight excluding hydrogens is 192 g/mol. The van der Waals surface area contributed by atoms with Gasteiger partial charge in [0.15, 0.2) is 5.84 Å². The molecule has 0 amide bonds. The first kappa shape index (κ1) is 11.5. The Morgan fingerprint density at radius 3 is 2.73 bits per heavy atom. The molecule has 5 nitrogen and oxygen atoms in total. The highest BCUT2D eigenvalue weighted by Gasteiger charge is 2.05. The molecule has 5 heteroatoms. The Kier molecular flexibility index (Phi) is 4.08. The number of benzene rings is 1. The summed E-state index contributed by atoms with van der Waals surface area (Å²) >= 11 is 0. The van der Waals surface area contributed by atoms with E-state index in [9.17, 15) is 0 Å². The van der Waals surface area contributed by atoms with Crippen LogP contribution in [-0.2, 0) is 6.54 Å². The lowest BCUT2D eigenvalue weighted by atomic mass is 10.1. The summed E-state index contributed by atoms with van der Waals surface area (Å²) < 4.78 is 0. The fourth-order valence-electron chi connectivity index (χ4n) is 1.22. The minimum atomic E-state index is 0.131. The van der Waals surface area contributed by atoms with Crippen LogP contribution in [0.1, 0.15) is 11.1 Å². The number of rotatable bonds is 4. The molecule has 15 heavy (non-hydrogen) atoms. The zero-order valence-electron chi connectivity index (χ0n) is 8.94. The van der Waals surface area contributed by atoms with Crippen molar-refractivity contribution >= 4 is 5.84 Å². The summed E-state index contributed by atoms with van der Waals surface area (Å²) in [5.74, 6) is 0.131. The number of amidine groups is 1. The Morgan fingerprint density at radius 2 is 2.13 bits per heavy atom. The van der Waals surface area contributed by atoms with Crippen LogP contribution in [0.3, 0.4) is 0 Å². The average Bonchev–Trinajstić information content (AvgIpc) is 2.25. The summed E-state index contributed by atoms with van der Waals surface area (Å²) in [6.07, 6.45) is 0. The smallest absolute Gasteiger partial charge is 0.170 e. The monoisotopic (exact) mass is 208 g/mol. The van der Waals surface area contributed by atoms with Gasteiger partial charge in [-0.3, -0.25) is 10.4 Å². The van der Waals surface area contributed by atoms with Crippen molar-refractivity contribution < 1.29 is 5.21 Å². The molecular formula is C10H16N4O. The second-order valence-corrected chi connectivity index (χ2v) is 3.37. The third-order valence-electron chi connectivity index (χ3n) is 1.99. The van der Waals surface area contributed by atoms with E-state index in [0.717, 1.165) is 11.1 Å². The maximum atomic E-state index is 8.62. The van der Waals surface area contributed by atoms with Crippen LogP contribution in [0.2, 0.25) is 0 Å². The van der Waals surface area contributed by atoms with Gasteiger partial charge in [-0.2, -0.15) is 0 Å². The first-order valence-electron chi connectivity index (χ1n) is 4.61. The van der Waals surface area contributed by atoms with Gasteiger partial charge in [0.05, 0.1) is 0 Å². The van der Waals surface area contributed by atoms with Gasteiger partial charge in [-0.15, -0.1) is 0 Å². The highest BCUT2D eigenvalue weighted by Crippen LogP contribution is 2.07. The van der Waals surface area contributed by atoms with Gasteiger partial charge in [0.1, 0.15) is 0 Å². The van der Waals surface area contributed by atoms with Crippen molar-refractivity contribution in [1.82, 2.24) is 10.4 Å². The van der Waals surface area contributed by atoms with Gasteiger partial charge in [-0.05, 0) is 5.56 Å². The van der Waals surface area contributed by atoms with Gasteiger partial charge < -0.3 is 10.9 Å². The quantitative estimate of drug-likeness (QED) is 0.289. The third kappa shape index (κ3) is 3.23. The van der Waals surface area contributed by atoms with Crippen LogP contribution in [0.25, 0.3) is 0 Å². The molecule has 82 valence electrons. The van der Waals surface area contributed by atoms with E-state index in [-0.39, 0.29) is 5.84 Å². The molecule has 0 bridgehead atoms. The molecule has 1 rings (SSSR count). The van der Waals surface area contributed by atoms with E-state index >= 15 is 0 Å². The Labute approximate surface area is 89.2 Å². The van der Waals surface area contributed by atoms with Gasteiger partial charge in [-0.1, -0.05) is 29.4 Å². The highest BCUT2D eigenvalue weighted by atomic mass is 16.4. The zero-order valence-corrected chi connectivity index (χ0v) is 8.94. The molecule has 0 saturated carbocycles. The summed E-state index contributed by atoms with van der Waals surface area (Å²) in [5.41, 5.74) is 10.4. The molecule has 1 aromatic carbocycles. The van der Waals surface area contributed by atoms with Crippen molar-refractivity contribution in [1.29, 1.82) is 0 Å². The number of nitrogens with two attached hydrogens (primary N) is 1. The SMILES string of the molecule is CN(C)NCc1ccccc1/C(N)=N/O. The molecule has 0 spiro atoms. The molecule has 0 radical (unpaired) electrons. The lowest BCUT2D eigenvalue weighted by Crippen LogP contribution is -2.30. The third-order valence-corrected chi connectivity index (χ3v) is 1.99. The fraction of sp³-hybridized carbons (Fsp3) is 0.300. The van der Waals surface area contributed by atoms with Gasteiger partial charge >= 0.3 is 0 Å². The van der Waals surface area contributed by atoms with Crippen LogP contribution >= 0.6 is 0 Å². The van der Waals surface area contributed by atoms with Crippen LogP contribution in [0.5, 0.6) is 0 Å². The summed E-state index contributed by atoms with van der Waals surface area (Å²) in [6, 6.07) is 7.53. The van der Waals surface area contributed by atoms with Crippen molar-refractivity contribution in [2.75, 3.05) is 14.1 Å². The number of oxime groups is 1. The number of nitrogens with one attached hydrogen (secondary N) is 1. The molecule has 4 N–H and O–H groups in total. The molecule has 0 unspecified atom stereocenters. The summed E-state index contributed by atoms with van der Waals surface area (Å²) in [5, 5.41) is 13.5. The van der Waals surface area contributed by atoms with Gasteiger partial charge in [0, 0.05) is 26.2 Å². The Balaban J connectivity index is 2.87. The van der Waals surface area contributed by atoms with Crippen molar-refractivity contribution in [3.05, 3.63) is 35.4 Å². The zero-order chi connectivity index (χ0) is 11.3. The fourth-order valence-corrected chi connectivity index (χ4v) is 1.22. The lowest BCUT2D eigenvalue weighted by Gasteiger charge is -2.13. The molecule has 0 aliphatic carbocycles. The molecule has 0 aromatic heterocycles. The van der Waals surface area contributed by atoms with Gasteiger partial charge in [0.2, 0.25) is 0 Å². The molecule has 0 atom stereocenters. The van der Waals surface area contributed by atoms with Crippen molar-refractivity contribution in [2.24, 2.45) is 10.9 Å². The first-order chi connectivity index (χ1) is 7.15. The number of hydrogen-bond donors (Lipinski definition) is 3. The number of nitrogens with zero attached hydrogens (tertiary/aromatic N) is 2. The van der Waals surface area contributed by atoms with Crippen LogP contribution < -0.4 is 11.2 Å². The minimum absolute atomic E-state index is 0.131.